The number of carbonyl (C=O) groups is 1. The summed E-state index contributed by atoms with van der Waals surface area (Å²) in [6.07, 6.45) is 5.93. The molecule has 0 saturated carbocycles. The lowest BCUT2D eigenvalue weighted by atomic mass is 9.77. The second-order valence-electron chi connectivity index (χ2n) is 7.75. The molecule has 0 bridgehead atoms. The number of aromatic amines is 1. The first kappa shape index (κ1) is 16.9. The molecule has 3 aromatic rings. The van der Waals surface area contributed by atoms with Crippen molar-refractivity contribution in [2.45, 2.75) is 31.1 Å². The number of nitrogen functional groups attached to an aromatic ring is 1. The molecule has 1 spiro atoms. The standard InChI is InChI=1S/C21H22N6O/c22-17-11-16(25-26-17)20(28)27-10-4-8-21(13-27)9-7-15-12-23-19(24-18(15)21)14-5-2-1-3-6-14/h1-3,5-6,11-12H,4,7-10,13H2,(H3,22,25,26). The number of rotatable bonds is 2. The molecule has 1 amide bonds. The van der Waals surface area contributed by atoms with Crippen molar-refractivity contribution in [3.8, 4) is 11.4 Å². The molecule has 1 aromatic carbocycles. The Morgan fingerprint density at radius 1 is 1.21 bits per heavy atom. The Hall–Kier alpha value is -3.22. The number of likely N-dealkylation sites (tertiary alicyclic amines) is 1. The lowest BCUT2D eigenvalue weighted by Crippen LogP contribution is -2.48. The van der Waals surface area contributed by atoms with Crippen LogP contribution in [0, 0.1) is 0 Å². The van der Waals surface area contributed by atoms with Crippen LogP contribution in [0.3, 0.4) is 0 Å². The van der Waals surface area contributed by atoms with Crippen LogP contribution in [0.2, 0.25) is 0 Å². The van der Waals surface area contributed by atoms with Crippen LogP contribution in [-0.4, -0.2) is 44.1 Å². The summed E-state index contributed by atoms with van der Waals surface area (Å²) >= 11 is 0. The highest BCUT2D eigenvalue weighted by atomic mass is 16.2. The molecule has 2 aromatic heterocycles. The smallest absolute Gasteiger partial charge is 0.271 e. The van der Waals surface area contributed by atoms with Crippen LogP contribution >= 0.6 is 0 Å². The fraction of sp³-hybridized carbons (Fsp3) is 0.333. The topological polar surface area (TPSA) is 101 Å². The monoisotopic (exact) mass is 374 g/mol. The molecular weight excluding hydrogens is 352 g/mol. The Bertz CT molecular complexity index is 1030. The predicted molar refractivity (Wildman–Crippen MR) is 106 cm³/mol. The van der Waals surface area contributed by atoms with Crippen LogP contribution < -0.4 is 5.73 Å². The van der Waals surface area contributed by atoms with Gasteiger partial charge in [-0.3, -0.25) is 9.89 Å². The highest BCUT2D eigenvalue weighted by molar-refractivity contribution is 5.93. The van der Waals surface area contributed by atoms with Crippen molar-refractivity contribution in [1.29, 1.82) is 0 Å². The van der Waals surface area contributed by atoms with Crippen LogP contribution in [0.25, 0.3) is 11.4 Å². The number of benzene rings is 1. The number of hydrogen-bond acceptors (Lipinski definition) is 5. The zero-order valence-corrected chi connectivity index (χ0v) is 15.6. The van der Waals surface area contributed by atoms with Gasteiger partial charge in [0.15, 0.2) is 5.82 Å². The zero-order chi connectivity index (χ0) is 19.1. The number of piperidine rings is 1. The second kappa shape index (κ2) is 6.44. The maximum absolute atomic E-state index is 12.9. The molecule has 1 fully saturated rings. The molecule has 7 heteroatoms. The number of hydrogen-bond donors (Lipinski definition) is 2. The molecule has 2 aliphatic rings. The normalized spacial score (nSPS) is 21.1. The van der Waals surface area contributed by atoms with Gasteiger partial charge in [0.25, 0.3) is 5.91 Å². The molecule has 1 unspecified atom stereocenters. The molecule has 1 aliphatic carbocycles. The van der Waals surface area contributed by atoms with E-state index in [1.54, 1.807) is 6.07 Å². The number of nitrogens with two attached hydrogens (primary N) is 1. The van der Waals surface area contributed by atoms with E-state index in [9.17, 15) is 4.79 Å². The van der Waals surface area contributed by atoms with E-state index in [0.29, 0.717) is 18.1 Å². The fourth-order valence-electron chi connectivity index (χ4n) is 4.59. The molecule has 1 saturated heterocycles. The van der Waals surface area contributed by atoms with Crippen LogP contribution in [0.5, 0.6) is 0 Å². The minimum atomic E-state index is -0.0960. The Morgan fingerprint density at radius 3 is 2.86 bits per heavy atom. The summed E-state index contributed by atoms with van der Waals surface area (Å²) < 4.78 is 0. The molecule has 3 N–H and O–H groups in total. The first-order chi connectivity index (χ1) is 13.6. The van der Waals surface area contributed by atoms with Crippen LogP contribution in [0.4, 0.5) is 5.82 Å². The van der Waals surface area contributed by atoms with Gasteiger partial charge in [-0.15, -0.1) is 0 Å². The molecule has 7 nitrogen and oxygen atoms in total. The number of aromatic nitrogens is 4. The Kier molecular flexibility index (Phi) is 3.89. The van der Waals surface area contributed by atoms with Crippen LogP contribution in [0.1, 0.15) is 41.0 Å². The SMILES string of the molecule is Nc1cc(C(=O)N2CCCC3(CCc4cnc(-c5ccccc5)nc43)C2)[nH]n1. The van der Waals surface area contributed by atoms with E-state index in [4.69, 9.17) is 10.7 Å². The molecule has 1 aliphatic heterocycles. The maximum atomic E-state index is 12.9. The molecular formula is C21H22N6O. The molecule has 142 valence electrons. The molecule has 5 rings (SSSR count). The minimum absolute atomic E-state index is 0.0472. The average molecular weight is 374 g/mol. The van der Waals surface area contributed by atoms with Gasteiger partial charge in [0.05, 0.1) is 5.69 Å². The van der Waals surface area contributed by atoms with Gasteiger partial charge in [-0.1, -0.05) is 30.3 Å². The average Bonchev–Trinajstić information content (AvgIpc) is 3.32. The van der Waals surface area contributed by atoms with Gasteiger partial charge in [0, 0.05) is 36.3 Å². The third-order valence-electron chi connectivity index (χ3n) is 5.96. The van der Waals surface area contributed by atoms with Crippen molar-refractivity contribution in [3.63, 3.8) is 0 Å². The molecule has 1 atom stereocenters. The zero-order valence-electron chi connectivity index (χ0n) is 15.6. The largest absolute Gasteiger partial charge is 0.382 e. The summed E-state index contributed by atoms with van der Waals surface area (Å²) in [4.78, 5) is 24.4. The fourth-order valence-corrected chi connectivity index (χ4v) is 4.59. The number of amides is 1. The summed E-state index contributed by atoms with van der Waals surface area (Å²) in [5, 5.41) is 6.63. The Balaban J connectivity index is 1.47. The summed E-state index contributed by atoms with van der Waals surface area (Å²) in [5.41, 5.74) is 9.36. The molecule has 0 radical (unpaired) electrons. The number of carbonyl (C=O) groups excluding carboxylic acids is 1. The van der Waals surface area contributed by atoms with E-state index in [1.807, 2.05) is 41.4 Å². The van der Waals surface area contributed by atoms with Gasteiger partial charge in [0.2, 0.25) is 0 Å². The molecule has 28 heavy (non-hydrogen) atoms. The number of aryl methyl sites for hydroxylation is 1. The lowest BCUT2D eigenvalue weighted by Gasteiger charge is -2.40. The number of anilines is 1. The number of nitrogens with zero attached hydrogens (tertiary/aromatic N) is 4. The summed E-state index contributed by atoms with van der Waals surface area (Å²) in [6, 6.07) is 11.6. The van der Waals surface area contributed by atoms with Crippen LogP contribution in [0.15, 0.2) is 42.6 Å². The first-order valence-corrected chi connectivity index (χ1v) is 9.67. The van der Waals surface area contributed by atoms with E-state index >= 15 is 0 Å². The molecule has 3 heterocycles. The first-order valence-electron chi connectivity index (χ1n) is 9.67. The van der Waals surface area contributed by atoms with Gasteiger partial charge in [-0.05, 0) is 31.2 Å². The van der Waals surface area contributed by atoms with Gasteiger partial charge in [-0.2, -0.15) is 5.10 Å². The quantitative estimate of drug-likeness (QED) is 0.718. The van der Waals surface area contributed by atoms with Crippen molar-refractivity contribution < 1.29 is 4.79 Å². The van der Waals surface area contributed by atoms with Crippen molar-refractivity contribution in [2.75, 3.05) is 18.8 Å². The van der Waals surface area contributed by atoms with Gasteiger partial charge in [0.1, 0.15) is 11.5 Å². The van der Waals surface area contributed by atoms with Crippen molar-refractivity contribution >= 4 is 11.7 Å². The summed E-state index contributed by atoms with van der Waals surface area (Å²) in [6.45, 7) is 1.41. The van der Waals surface area contributed by atoms with Crippen LogP contribution in [-0.2, 0) is 11.8 Å². The van der Waals surface area contributed by atoms with E-state index in [1.165, 1.54) is 5.56 Å². The van der Waals surface area contributed by atoms with Crippen molar-refractivity contribution in [1.82, 2.24) is 25.1 Å². The lowest BCUT2D eigenvalue weighted by molar-refractivity contribution is 0.0627. The highest BCUT2D eigenvalue weighted by Gasteiger charge is 2.45. The Labute approximate surface area is 163 Å². The van der Waals surface area contributed by atoms with Crippen molar-refractivity contribution in [2.24, 2.45) is 0 Å². The third kappa shape index (κ3) is 2.74. The van der Waals surface area contributed by atoms with Crippen molar-refractivity contribution in [3.05, 3.63) is 59.5 Å². The van der Waals surface area contributed by atoms with E-state index in [0.717, 1.165) is 49.3 Å². The number of fused-ring (bicyclic) bond motifs is 2. The number of nitrogens with one attached hydrogen (secondary N) is 1. The van der Waals surface area contributed by atoms with E-state index in [2.05, 4.69) is 15.2 Å². The summed E-state index contributed by atoms with van der Waals surface area (Å²) in [7, 11) is 0. The maximum Gasteiger partial charge on any atom is 0.271 e. The second-order valence-corrected chi connectivity index (χ2v) is 7.75. The van der Waals surface area contributed by atoms with Gasteiger partial charge in [-0.25, -0.2) is 9.97 Å². The van der Waals surface area contributed by atoms with Gasteiger partial charge >= 0.3 is 0 Å². The van der Waals surface area contributed by atoms with Gasteiger partial charge < -0.3 is 10.6 Å². The Morgan fingerprint density at radius 2 is 2.07 bits per heavy atom. The van der Waals surface area contributed by atoms with E-state index in [-0.39, 0.29) is 11.3 Å². The third-order valence-corrected chi connectivity index (χ3v) is 5.96. The van der Waals surface area contributed by atoms with E-state index < -0.39 is 0 Å². The highest BCUT2D eigenvalue weighted by Crippen LogP contribution is 2.44. The summed E-state index contributed by atoms with van der Waals surface area (Å²) in [5.74, 6) is 1.04. The minimum Gasteiger partial charge on any atom is -0.382 e. The number of H-pyrrole nitrogens is 1. The predicted octanol–water partition coefficient (Wildman–Crippen LogP) is 2.57.